The molecule has 1 aliphatic rings. The Morgan fingerprint density at radius 1 is 1.19 bits per heavy atom. The van der Waals surface area contributed by atoms with Crippen LogP contribution in [0.3, 0.4) is 0 Å². The number of halogens is 5. The van der Waals surface area contributed by atoms with Crippen LogP contribution in [-0.4, -0.2) is 37.0 Å². The molecule has 3 rings (SSSR count). The minimum atomic E-state index is -4.49. The van der Waals surface area contributed by atoms with E-state index in [1.165, 1.54) is 23.1 Å². The summed E-state index contributed by atoms with van der Waals surface area (Å²) < 4.78 is 52.8. The normalized spacial score (nSPS) is 16.7. The first-order chi connectivity index (χ1) is 12.3. The van der Waals surface area contributed by atoms with E-state index in [0.29, 0.717) is 6.54 Å². The van der Waals surface area contributed by atoms with Gasteiger partial charge in [0.1, 0.15) is 5.82 Å². The van der Waals surface area contributed by atoms with Gasteiger partial charge in [-0.25, -0.2) is 4.39 Å². The van der Waals surface area contributed by atoms with Crippen LogP contribution in [0.25, 0.3) is 11.1 Å². The van der Waals surface area contributed by atoms with E-state index in [-0.39, 0.29) is 35.1 Å². The molecule has 146 valence electrons. The van der Waals surface area contributed by atoms with Crippen molar-refractivity contribution in [2.75, 3.05) is 20.1 Å². The summed E-state index contributed by atoms with van der Waals surface area (Å²) in [4.78, 5) is 14.4. The van der Waals surface area contributed by atoms with E-state index >= 15 is 0 Å². The summed E-state index contributed by atoms with van der Waals surface area (Å²) in [6.07, 6.45) is -3.72. The van der Waals surface area contributed by atoms with E-state index in [1.54, 1.807) is 7.05 Å². The lowest BCUT2D eigenvalue weighted by Gasteiger charge is -2.25. The number of amides is 1. The molecule has 0 aromatic heterocycles. The van der Waals surface area contributed by atoms with Crippen LogP contribution in [0.2, 0.25) is 0 Å². The molecule has 3 nitrogen and oxygen atoms in total. The van der Waals surface area contributed by atoms with Gasteiger partial charge in [0.25, 0.3) is 5.91 Å². The van der Waals surface area contributed by atoms with E-state index in [4.69, 9.17) is 0 Å². The first-order valence-corrected chi connectivity index (χ1v) is 8.22. The number of nitrogens with zero attached hydrogens (tertiary/aromatic N) is 1. The van der Waals surface area contributed by atoms with Crippen molar-refractivity contribution in [2.45, 2.75) is 18.6 Å². The van der Waals surface area contributed by atoms with Crippen LogP contribution >= 0.6 is 12.4 Å². The summed E-state index contributed by atoms with van der Waals surface area (Å²) >= 11 is 0. The number of alkyl halides is 3. The zero-order valence-corrected chi connectivity index (χ0v) is 15.3. The monoisotopic (exact) mass is 402 g/mol. The van der Waals surface area contributed by atoms with E-state index in [0.717, 1.165) is 37.2 Å². The fraction of sp³-hybridized carbons (Fsp3) is 0.316. The molecule has 0 saturated carbocycles. The Labute approximate surface area is 160 Å². The molecule has 1 amide bonds. The van der Waals surface area contributed by atoms with Gasteiger partial charge >= 0.3 is 6.18 Å². The second kappa shape index (κ2) is 8.27. The van der Waals surface area contributed by atoms with E-state index < -0.39 is 23.5 Å². The molecule has 1 atom stereocenters. The van der Waals surface area contributed by atoms with E-state index in [9.17, 15) is 22.4 Å². The fourth-order valence-electron chi connectivity index (χ4n) is 3.13. The lowest BCUT2D eigenvalue weighted by molar-refractivity contribution is -0.137. The zero-order valence-electron chi connectivity index (χ0n) is 14.5. The third-order valence-corrected chi connectivity index (χ3v) is 4.62. The number of likely N-dealkylation sites (N-methyl/N-ethyl adjacent to an activating group) is 1. The number of carbonyl (C=O) groups excluding carboxylic acids is 1. The highest BCUT2D eigenvalue weighted by Crippen LogP contribution is 2.33. The fourth-order valence-corrected chi connectivity index (χ4v) is 3.13. The third-order valence-electron chi connectivity index (χ3n) is 4.62. The van der Waals surface area contributed by atoms with E-state index in [2.05, 4.69) is 5.32 Å². The standard InChI is InChI=1S/C19H18F4N2O.ClH/c1-25(15-7-8-24-11-15)18(26)17-10-14(20)5-6-16(17)12-3-2-4-13(9-12)19(21,22)23;/h2-6,9-10,15,24H,7-8,11H2,1H3;1H. The predicted octanol–water partition coefficient (Wildman–Crippen LogP) is 4.37. The van der Waals surface area contributed by atoms with Crippen LogP contribution < -0.4 is 5.32 Å². The molecular formula is C19H19ClF4N2O. The average Bonchev–Trinajstić information content (AvgIpc) is 3.14. The number of hydrogen-bond acceptors (Lipinski definition) is 2. The van der Waals surface area contributed by atoms with Crippen LogP contribution in [-0.2, 0) is 6.18 Å². The quantitative estimate of drug-likeness (QED) is 0.773. The van der Waals surface area contributed by atoms with Crippen molar-refractivity contribution in [1.29, 1.82) is 0 Å². The molecule has 8 heteroatoms. The van der Waals surface area contributed by atoms with Crippen LogP contribution in [0.5, 0.6) is 0 Å². The number of benzene rings is 2. The van der Waals surface area contributed by atoms with Gasteiger partial charge in [-0.05, 0) is 48.4 Å². The molecule has 1 saturated heterocycles. The zero-order chi connectivity index (χ0) is 18.9. The minimum Gasteiger partial charge on any atom is -0.337 e. The molecule has 1 heterocycles. The molecule has 27 heavy (non-hydrogen) atoms. The molecule has 0 aliphatic carbocycles. The molecule has 0 spiro atoms. The van der Waals surface area contributed by atoms with Gasteiger partial charge in [0.2, 0.25) is 0 Å². The number of rotatable bonds is 3. The van der Waals surface area contributed by atoms with Crippen LogP contribution in [0.15, 0.2) is 42.5 Å². The van der Waals surface area contributed by atoms with Crippen LogP contribution in [0, 0.1) is 5.82 Å². The maximum Gasteiger partial charge on any atom is 0.416 e. The third kappa shape index (κ3) is 4.59. The molecule has 0 bridgehead atoms. The molecule has 1 fully saturated rings. The van der Waals surface area contributed by atoms with Crippen LogP contribution in [0.4, 0.5) is 17.6 Å². The Hall–Kier alpha value is -2.12. The highest BCUT2D eigenvalue weighted by molar-refractivity contribution is 6.01. The van der Waals surface area contributed by atoms with Gasteiger partial charge in [-0.2, -0.15) is 13.2 Å². The Morgan fingerprint density at radius 2 is 1.93 bits per heavy atom. The van der Waals surface area contributed by atoms with Crippen molar-refractivity contribution in [1.82, 2.24) is 10.2 Å². The molecule has 2 aromatic carbocycles. The Bertz CT molecular complexity index is 820. The topological polar surface area (TPSA) is 32.3 Å². The number of hydrogen-bond donors (Lipinski definition) is 1. The molecular weight excluding hydrogens is 384 g/mol. The van der Waals surface area contributed by atoms with Crippen molar-refractivity contribution < 1.29 is 22.4 Å². The largest absolute Gasteiger partial charge is 0.416 e. The van der Waals surface area contributed by atoms with Gasteiger partial charge in [-0.15, -0.1) is 12.4 Å². The lowest BCUT2D eigenvalue weighted by atomic mass is 9.96. The van der Waals surface area contributed by atoms with Crippen molar-refractivity contribution >= 4 is 18.3 Å². The predicted molar refractivity (Wildman–Crippen MR) is 97.5 cm³/mol. The van der Waals surface area contributed by atoms with Gasteiger partial charge in [0, 0.05) is 19.6 Å². The van der Waals surface area contributed by atoms with Crippen molar-refractivity contribution in [3.8, 4) is 11.1 Å². The van der Waals surface area contributed by atoms with E-state index in [1.807, 2.05) is 0 Å². The maximum atomic E-state index is 13.8. The smallest absolute Gasteiger partial charge is 0.337 e. The Balaban J connectivity index is 0.00000261. The number of carbonyl (C=O) groups is 1. The van der Waals surface area contributed by atoms with Crippen molar-refractivity contribution in [3.63, 3.8) is 0 Å². The van der Waals surface area contributed by atoms with Crippen molar-refractivity contribution in [2.24, 2.45) is 0 Å². The maximum absolute atomic E-state index is 13.8. The molecule has 0 radical (unpaired) electrons. The van der Waals surface area contributed by atoms with Gasteiger partial charge in [-0.1, -0.05) is 18.2 Å². The Kier molecular flexibility index (Phi) is 6.49. The SMILES string of the molecule is CN(C(=O)c1cc(F)ccc1-c1cccc(C(F)(F)F)c1)C1CCNC1.Cl. The average molecular weight is 403 g/mol. The summed E-state index contributed by atoms with van der Waals surface area (Å²) in [5.41, 5.74) is -0.258. The second-order valence-corrected chi connectivity index (χ2v) is 6.33. The van der Waals surface area contributed by atoms with Crippen LogP contribution in [0.1, 0.15) is 22.3 Å². The second-order valence-electron chi connectivity index (χ2n) is 6.33. The number of nitrogens with one attached hydrogen (secondary N) is 1. The first-order valence-electron chi connectivity index (χ1n) is 8.22. The first kappa shape index (κ1) is 21.2. The molecule has 1 aliphatic heterocycles. The van der Waals surface area contributed by atoms with Gasteiger partial charge in [0.05, 0.1) is 11.1 Å². The lowest BCUT2D eigenvalue weighted by Crippen LogP contribution is -2.38. The Morgan fingerprint density at radius 3 is 2.56 bits per heavy atom. The summed E-state index contributed by atoms with van der Waals surface area (Å²) in [7, 11) is 1.63. The summed E-state index contributed by atoms with van der Waals surface area (Å²) in [6, 6.07) is 8.24. The molecule has 1 N–H and O–H groups in total. The highest BCUT2D eigenvalue weighted by Gasteiger charge is 2.31. The minimum absolute atomic E-state index is 0. The molecule has 2 aromatic rings. The summed E-state index contributed by atoms with van der Waals surface area (Å²) in [5, 5.41) is 3.15. The molecule has 1 unspecified atom stereocenters. The van der Waals surface area contributed by atoms with Crippen molar-refractivity contribution in [3.05, 3.63) is 59.4 Å². The summed E-state index contributed by atoms with van der Waals surface area (Å²) in [6.45, 7) is 1.42. The highest BCUT2D eigenvalue weighted by atomic mass is 35.5. The van der Waals surface area contributed by atoms with Gasteiger partial charge in [0.15, 0.2) is 0 Å². The van der Waals surface area contributed by atoms with Gasteiger partial charge in [-0.3, -0.25) is 4.79 Å². The summed E-state index contributed by atoms with van der Waals surface area (Å²) in [5.74, 6) is -1.02. The van der Waals surface area contributed by atoms with Gasteiger partial charge < -0.3 is 10.2 Å².